The van der Waals surface area contributed by atoms with E-state index < -0.39 is 12.2 Å². The lowest BCUT2D eigenvalue weighted by molar-refractivity contribution is -0.149. The van der Waals surface area contributed by atoms with Gasteiger partial charge in [0.2, 0.25) is 0 Å². The van der Waals surface area contributed by atoms with Gasteiger partial charge in [0.25, 0.3) is 0 Å². The minimum Gasteiger partial charge on any atom is -0.392 e. The second-order valence-corrected chi connectivity index (χ2v) is 11.1. The predicted molar refractivity (Wildman–Crippen MR) is 149 cm³/mol. The average molecular weight is 520 g/mol. The number of piperidine rings is 1. The molecule has 1 amide bonds. The highest BCUT2D eigenvalue weighted by Crippen LogP contribution is 2.39. The summed E-state index contributed by atoms with van der Waals surface area (Å²) in [6, 6.07) is 20.0. The molecule has 2 aromatic carbocycles. The number of carbonyl (C=O) groups excluding carboxylic acids is 1. The van der Waals surface area contributed by atoms with Gasteiger partial charge in [-0.05, 0) is 36.8 Å². The molecule has 1 aromatic heterocycles. The first-order chi connectivity index (χ1) is 18.3. The van der Waals surface area contributed by atoms with Gasteiger partial charge in [0.15, 0.2) is 0 Å². The van der Waals surface area contributed by atoms with Crippen molar-refractivity contribution in [3.8, 4) is 11.3 Å². The van der Waals surface area contributed by atoms with Crippen LogP contribution < -0.4 is 5.73 Å². The lowest BCUT2D eigenvalue weighted by atomic mass is 9.84. The van der Waals surface area contributed by atoms with Crippen LogP contribution in [0.2, 0.25) is 0 Å². The summed E-state index contributed by atoms with van der Waals surface area (Å²) in [4.78, 5) is 26.5. The van der Waals surface area contributed by atoms with Gasteiger partial charge in [-0.3, -0.25) is 4.90 Å². The molecule has 1 aliphatic rings. The van der Waals surface area contributed by atoms with Gasteiger partial charge in [0.1, 0.15) is 5.82 Å². The number of hydrogen-bond donors (Lipinski definition) is 2. The Bertz CT molecular complexity index is 1160. The Morgan fingerprint density at radius 3 is 2.47 bits per heavy atom. The van der Waals surface area contributed by atoms with E-state index in [4.69, 9.17) is 15.6 Å². The molecule has 2 heterocycles. The van der Waals surface area contributed by atoms with Crippen LogP contribution >= 0.6 is 0 Å². The maximum atomic E-state index is 13.7. The molecule has 0 spiro atoms. The number of benzene rings is 2. The summed E-state index contributed by atoms with van der Waals surface area (Å²) in [6.45, 7) is 8.80. The van der Waals surface area contributed by atoms with Crippen LogP contribution in [0.15, 0.2) is 66.9 Å². The molecule has 0 radical (unpaired) electrons. The summed E-state index contributed by atoms with van der Waals surface area (Å²) in [5.74, 6) is 0.799. The molecule has 0 unspecified atom stereocenters. The predicted octanol–water partition coefficient (Wildman–Crippen LogP) is 4.84. The molecule has 1 fully saturated rings. The van der Waals surface area contributed by atoms with Gasteiger partial charge in [-0.15, -0.1) is 5.06 Å². The fourth-order valence-corrected chi connectivity index (χ4v) is 5.05. The molecule has 8 nitrogen and oxygen atoms in total. The summed E-state index contributed by atoms with van der Waals surface area (Å²) in [5.41, 5.74) is 8.57. The Morgan fingerprint density at radius 1 is 1.16 bits per heavy atom. The first-order valence-corrected chi connectivity index (χ1v) is 13.5. The van der Waals surface area contributed by atoms with Crippen molar-refractivity contribution in [3.63, 3.8) is 0 Å². The number of carbonyl (C=O) groups is 1. The summed E-state index contributed by atoms with van der Waals surface area (Å²) in [6.07, 6.45) is 3.27. The molecule has 0 aliphatic carbocycles. The van der Waals surface area contributed by atoms with Crippen molar-refractivity contribution in [1.29, 1.82) is 0 Å². The third-order valence-electron chi connectivity index (χ3n) is 6.85. The van der Waals surface area contributed by atoms with Gasteiger partial charge in [0, 0.05) is 31.4 Å². The average Bonchev–Trinajstić information content (AvgIpc) is 3.29. The van der Waals surface area contributed by atoms with Crippen LogP contribution in [0.1, 0.15) is 57.5 Å². The van der Waals surface area contributed by atoms with E-state index in [0.29, 0.717) is 39.1 Å². The van der Waals surface area contributed by atoms with E-state index in [0.717, 1.165) is 35.5 Å². The Balaban J connectivity index is 1.75. The zero-order chi connectivity index (χ0) is 27.1. The maximum Gasteiger partial charge on any atom is 0.429 e. The smallest absolute Gasteiger partial charge is 0.392 e. The van der Waals surface area contributed by atoms with Gasteiger partial charge in [0.05, 0.1) is 24.4 Å². The monoisotopic (exact) mass is 519 g/mol. The molecular formula is C30H41N5O3. The minimum atomic E-state index is -0.495. The van der Waals surface area contributed by atoms with Crippen molar-refractivity contribution in [2.45, 2.75) is 58.7 Å². The molecule has 38 heavy (non-hydrogen) atoms. The zero-order valence-electron chi connectivity index (χ0n) is 22.8. The topological polar surface area (TPSA) is 96.9 Å². The molecule has 2 atom stereocenters. The second-order valence-electron chi connectivity index (χ2n) is 11.1. The Kier molecular flexibility index (Phi) is 9.20. The van der Waals surface area contributed by atoms with Crippen LogP contribution in [0.3, 0.4) is 0 Å². The lowest BCUT2D eigenvalue weighted by Gasteiger charge is -2.40. The lowest BCUT2D eigenvalue weighted by Crippen LogP contribution is -2.47. The van der Waals surface area contributed by atoms with E-state index >= 15 is 0 Å². The summed E-state index contributed by atoms with van der Waals surface area (Å²) in [7, 11) is 0. The van der Waals surface area contributed by atoms with Crippen molar-refractivity contribution >= 4 is 6.09 Å². The number of hydroxylamine groups is 2. The van der Waals surface area contributed by atoms with Gasteiger partial charge in [-0.1, -0.05) is 81.4 Å². The number of aromatic nitrogens is 2. The SMILES string of the molecule is CC(C)(C)[C@H](c1nc(-c2ccccc2)cn1Cc1ccccc1)N(CCCN)C(=O)ON1CCC[C@H](O)C1. The highest BCUT2D eigenvalue weighted by molar-refractivity contribution is 5.68. The van der Waals surface area contributed by atoms with E-state index in [1.807, 2.05) is 48.5 Å². The van der Waals surface area contributed by atoms with Crippen molar-refractivity contribution < 1.29 is 14.7 Å². The third-order valence-corrected chi connectivity index (χ3v) is 6.85. The quantitative estimate of drug-likeness (QED) is 0.420. The van der Waals surface area contributed by atoms with Gasteiger partial charge < -0.3 is 20.2 Å². The van der Waals surface area contributed by atoms with Crippen molar-refractivity contribution in [1.82, 2.24) is 19.5 Å². The molecular weight excluding hydrogens is 478 g/mol. The first-order valence-electron chi connectivity index (χ1n) is 13.5. The second kappa shape index (κ2) is 12.6. The largest absolute Gasteiger partial charge is 0.429 e. The number of hydrogen-bond acceptors (Lipinski definition) is 6. The van der Waals surface area contributed by atoms with Crippen LogP contribution in [-0.4, -0.2) is 63.0 Å². The molecule has 0 saturated carbocycles. The fraction of sp³-hybridized carbons (Fsp3) is 0.467. The van der Waals surface area contributed by atoms with E-state index in [2.05, 4.69) is 43.7 Å². The Morgan fingerprint density at radius 2 is 1.84 bits per heavy atom. The van der Waals surface area contributed by atoms with Crippen LogP contribution in [0.4, 0.5) is 4.79 Å². The van der Waals surface area contributed by atoms with Crippen LogP contribution in [-0.2, 0) is 11.4 Å². The van der Waals surface area contributed by atoms with Crippen molar-refractivity contribution in [3.05, 3.63) is 78.2 Å². The maximum absolute atomic E-state index is 13.7. The summed E-state index contributed by atoms with van der Waals surface area (Å²) < 4.78 is 2.15. The number of β-amino-alcohol motifs (C(OH)–C–C–N with tert-alkyl or cyclic N) is 1. The standard InChI is InChI=1S/C30H41N5O3/c1-30(2,3)27(35(19-11-17-31)29(37)38-34-18-10-16-25(36)21-34)28-32-26(24-14-8-5-9-15-24)22-33(28)20-23-12-6-4-7-13-23/h4-9,12-15,22,25,27,36H,10-11,16-21,31H2,1-3H3/t25-,27-/m0/s1. The number of nitrogens with two attached hydrogens (primary N) is 1. The Labute approximate surface area is 226 Å². The summed E-state index contributed by atoms with van der Waals surface area (Å²) >= 11 is 0. The van der Waals surface area contributed by atoms with E-state index in [1.165, 1.54) is 0 Å². The number of imidazole rings is 1. The summed E-state index contributed by atoms with van der Waals surface area (Å²) in [5, 5.41) is 11.7. The molecule has 1 aliphatic heterocycles. The fourth-order valence-electron chi connectivity index (χ4n) is 5.05. The van der Waals surface area contributed by atoms with Gasteiger partial charge in [-0.25, -0.2) is 9.78 Å². The Hall–Kier alpha value is -3.20. The highest BCUT2D eigenvalue weighted by atomic mass is 16.7. The van der Waals surface area contributed by atoms with E-state index in [9.17, 15) is 9.90 Å². The number of nitrogens with zero attached hydrogens (tertiary/aromatic N) is 4. The number of rotatable bonds is 9. The molecule has 4 rings (SSSR count). The van der Waals surface area contributed by atoms with Crippen molar-refractivity contribution in [2.24, 2.45) is 11.1 Å². The number of aliphatic hydroxyl groups is 1. The van der Waals surface area contributed by atoms with Gasteiger partial charge in [-0.2, -0.15) is 0 Å². The zero-order valence-corrected chi connectivity index (χ0v) is 22.8. The van der Waals surface area contributed by atoms with Crippen LogP contribution in [0.5, 0.6) is 0 Å². The third kappa shape index (κ3) is 7.01. The molecule has 0 bridgehead atoms. The minimum absolute atomic E-state index is 0.317. The van der Waals surface area contributed by atoms with Gasteiger partial charge >= 0.3 is 6.09 Å². The number of amides is 1. The van der Waals surface area contributed by atoms with Crippen LogP contribution in [0, 0.1) is 5.41 Å². The molecule has 3 N–H and O–H groups in total. The molecule has 1 saturated heterocycles. The van der Waals surface area contributed by atoms with Crippen LogP contribution in [0.25, 0.3) is 11.3 Å². The molecule has 204 valence electrons. The van der Waals surface area contributed by atoms with E-state index in [1.54, 1.807) is 9.96 Å². The van der Waals surface area contributed by atoms with Crippen molar-refractivity contribution in [2.75, 3.05) is 26.2 Å². The normalized spacial score (nSPS) is 17.2. The molecule has 3 aromatic rings. The number of aliphatic hydroxyl groups excluding tert-OH is 1. The highest BCUT2D eigenvalue weighted by Gasteiger charge is 2.40. The molecule has 8 heteroatoms. The first kappa shape index (κ1) is 27.8. The van der Waals surface area contributed by atoms with E-state index in [-0.39, 0.29) is 11.5 Å².